The van der Waals surface area contributed by atoms with Gasteiger partial charge in [0.1, 0.15) is 17.3 Å². The monoisotopic (exact) mass is 325 g/mol. The Labute approximate surface area is 138 Å². The number of amides is 1. The number of halogens is 1. The Kier molecular flexibility index (Phi) is 4.56. The quantitative estimate of drug-likeness (QED) is 0.757. The minimum absolute atomic E-state index is 0.265. The number of carbonyl (C=O) groups excluding carboxylic acids is 1. The van der Waals surface area contributed by atoms with Crippen LogP contribution in [0.15, 0.2) is 54.6 Å². The third-order valence-corrected chi connectivity index (χ3v) is 3.55. The summed E-state index contributed by atoms with van der Waals surface area (Å²) in [5, 5.41) is 9.60. The molecule has 3 rings (SSSR count). The second-order valence-corrected chi connectivity index (χ2v) is 5.21. The van der Waals surface area contributed by atoms with Crippen LogP contribution in [0, 0.1) is 5.82 Å². The van der Waals surface area contributed by atoms with Gasteiger partial charge in [0.05, 0.1) is 12.8 Å². The molecule has 0 spiro atoms. The van der Waals surface area contributed by atoms with Crippen molar-refractivity contribution in [3.05, 3.63) is 71.7 Å². The van der Waals surface area contributed by atoms with Gasteiger partial charge in [0, 0.05) is 12.1 Å². The number of hydrogen-bond donors (Lipinski definition) is 2. The molecule has 0 radical (unpaired) electrons. The van der Waals surface area contributed by atoms with Crippen molar-refractivity contribution in [1.82, 2.24) is 15.5 Å². The Bertz CT molecular complexity index is 843. The van der Waals surface area contributed by atoms with Gasteiger partial charge >= 0.3 is 0 Å². The first-order chi connectivity index (χ1) is 11.7. The summed E-state index contributed by atoms with van der Waals surface area (Å²) in [4.78, 5) is 12.2. The van der Waals surface area contributed by atoms with E-state index >= 15 is 0 Å². The molecule has 5 nitrogen and oxygen atoms in total. The van der Waals surface area contributed by atoms with Crippen LogP contribution in [0.2, 0.25) is 0 Å². The zero-order valence-corrected chi connectivity index (χ0v) is 13.0. The molecule has 0 unspecified atom stereocenters. The summed E-state index contributed by atoms with van der Waals surface area (Å²) in [5.74, 6) is 0.158. The number of rotatable bonds is 5. The second kappa shape index (κ2) is 6.95. The summed E-state index contributed by atoms with van der Waals surface area (Å²) in [6.07, 6.45) is 0. The summed E-state index contributed by atoms with van der Waals surface area (Å²) in [5.41, 5.74) is 2.60. The van der Waals surface area contributed by atoms with Gasteiger partial charge in [0.2, 0.25) is 0 Å². The average molecular weight is 325 g/mol. The summed E-state index contributed by atoms with van der Waals surface area (Å²) in [6, 6.07) is 15.0. The molecule has 0 aliphatic carbocycles. The molecule has 0 saturated heterocycles. The van der Waals surface area contributed by atoms with E-state index < -0.39 is 0 Å². The summed E-state index contributed by atoms with van der Waals surface area (Å²) < 4.78 is 18.1. The maximum atomic E-state index is 13.0. The van der Waals surface area contributed by atoms with E-state index in [-0.39, 0.29) is 11.7 Å². The minimum Gasteiger partial charge on any atom is -0.497 e. The van der Waals surface area contributed by atoms with Crippen molar-refractivity contribution in [3.8, 4) is 17.0 Å². The van der Waals surface area contributed by atoms with Crippen LogP contribution < -0.4 is 10.1 Å². The molecule has 0 bridgehead atoms. The molecular weight excluding hydrogens is 309 g/mol. The number of aromatic nitrogens is 2. The predicted molar refractivity (Wildman–Crippen MR) is 88.1 cm³/mol. The van der Waals surface area contributed by atoms with E-state index in [4.69, 9.17) is 4.74 Å². The van der Waals surface area contributed by atoms with Gasteiger partial charge in [-0.1, -0.05) is 12.1 Å². The zero-order chi connectivity index (χ0) is 16.9. The fraction of sp³-hybridized carbons (Fsp3) is 0.111. The molecule has 0 aliphatic heterocycles. The van der Waals surface area contributed by atoms with Gasteiger partial charge in [-0.05, 0) is 48.0 Å². The van der Waals surface area contributed by atoms with E-state index in [0.717, 1.165) is 16.9 Å². The number of carbonyl (C=O) groups is 1. The lowest BCUT2D eigenvalue weighted by molar-refractivity contribution is 0.0946. The number of aromatic amines is 1. The van der Waals surface area contributed by atoms with Crippen molar-refractivity contribution >= 4 is 5.91 Å². The van der Waals surface area contributed by atoms with Crippen LogP contribution in [0.4, 0.5) is 4.39 Å². The molecule has 1 aromatic heterocycles. The Morgan fingerprint density at radius 1 is 1.21 bits per heavy atom. The highest BCUT2D eigenvalue weighted by atomic mass is 19.1. The van der Waals surface area contributed by atoms with Gasteiger partial charge in [-0.2, -0.15) is 5.10 Å². The Hall–Kier alpha value is -3.15. The maximum Gasteiger partial charge on any atom is 0.269 e. The van der Waals surface area contributed by atoms with Crippen molar-refractivity contribution in [2.24, 2.45) is 0 Å². The molecule has 6 heteroatoms. The molecule has 24 heavy (non-hydrogen) atoms. The van der Waals surface area contributed by atoms with E-state index in [2.05, 4.69) is 15.5 Å². The predicted octanol–water partition coefficient (Wildman–Crippen LogP) is 3.15. The van der Waals surface area contributed by atoms with E-state index in [9.17, 15) is 9.18 Å². The van der Waals surface area contributed by atoms with E-state index in [1.165, 1.54) is 12.1 Å². The minimum atomic E-state index is -0.314. The fourth-order valence-corrected chi connectivity index (χ4v) is 2.27. The molecule has 3 aromatic rings. The van der Waals surface area contributed by atoms with Crippen molar-refractivity contribution in [3.63, 3.8) is 0 Å². The normalized spacial score (nSPS) is 10.4. The third-order valence-electron chi connectivity index (χ3n) is 3.55. The molecule has 1 heterocycles. The number of nitrogens with one attached hydrogen (secondary N) is 2. The molecule has 0 aliphatic rings. The Morgan fingerprint density at radius 3 is 2.75 bits per heavy atom. The van der Waals surface area contributed by atoms with Gasteiger partial charge in [0.15, 0.2) is 0 Å². The van der Waals surface area contributed by atoms with Gasteiger partial charge in [-0.25, -0.2) is 4.39 Å². The molecule has 1 amide bonds. The Balaban J connectivity index is 1.66. The van der Waals surface area contributed by atoms with Crippen molar-refractivity contribution in [1.29, 1.82) is 0 Å². The highest BCUT2D eigenvalue weighted by Crippen LogP contribution is 2.18. The van der Waals surface area contributed by atoms with Gasteiger partial charge in [-0.3, -0.25) is 9.89 Å². The van der Waals surface area contributed by atoms with Crippen molar-refractivity contribution in [2.75, 3.05) is 7.11 Å². The first-order valence-electron chi connectivity index (χ1n) is 7.38. The van der Waals surface area contributed by atoms with E-state index in [1.807, 2.05) is 24.3 Å². The third kappa shape index (κ3) is 3.60. The summed E-state index contributed by atoms with van der Waals surface area (Å²) in [7, 11) is 1.60. The van der Waals surface area contributed by atoms with Gasteiger partial charge in [0.25, 0.3) is 5.91 Å². The number of benzene rings is 2. The van der Waals surface area contributed by atoms with Crippen LogP contribution in [0.5, 0.6) is 5.75 Å². The highest BCUT2D eigenvalue weighted by molar-refractivity contribution is 5.93. The maximum absolute atomic E-state index is 13.0. The number of H-pyrrole nitrogens is 1. The van der Waals surface area contributed by atoms with Crippen LogP contribution >= 0.6 is 0 Å². The van der Waals surface area contributed by atoms with Crippen LogP contribution in [-0.2, 0) is 6.54 Å². The SMILES string of the molecule is COc1cccc(CNC(=O)c2cc(-c3ccc(F)cc3)n[nH]2)c1. The molecule has 2 aromatic carbocycles. The largest absolute Gasteiger partial charge is 0.497 e. The number of nitrogens with zero attached hydrogens (tertiary/aromatic N) is 1. The first kappa shape index (κ1) is 15.7. The Morgan fingerprint density at radius 2 is 2.00 bits per heavy atom. The highest BCUT2D eigenvalue weighted by Gasteiger charge is 2.11. The number of ether oxygens (including phenoxy) is 1. The molecule has 122 valence electrons. The van der Waals surface area contributed by atoms with E-state index in [0.29, 0.717) is 17.9 Å². The first-order valence-corrected chi connectivity index (χ1v) is 7.38. The summed E-state index contributed by atoms with van der Waals surface area (Å²) in [6.45, 7) is 0.376. The molecule has 2 N–H and O–H groups in total. The number of methoxy groups -OCH3 is 1. The average Bonchev–Trinajstić information content (AvgIpc) is 3.10. The lowest BCUT2D eigenvalue weighted by Gasteiger charge is -2.05. The van der Waals surface area contributed by atoms with Crippen LogP contribution in [0.3, 0.4) is 0 Å². The zero-order valence-electron chi connectivity index (χ0n) is 13.0. The van der Waals surface area contributed by atoms with Gasteiger partial charge in [-0.15, -0.1) is 0 Å². The van der Waals surface area contributed by atoms with Crippen LogP contribution in [-0.4, -0.2) is 23.2 Å². The lowest BCUT2D eigenvalue weighted by Crippen LogP contribution is -2.23. The molecule has 0 saturated carbocycles. The van der Waals surface area contributed by atoms with Crippen molar-refractivity contribution < 1.29 is 13.9 Å². The standard InChI is InChI=1S/C18H16FN3O2/c1-24-15-4-2-3-12(9-15)11-20-18(23)17-10-16(21-22-17)13-5-7-14(19)8-6-13/h2-10H,11H2,1H3,(H,20,23)(H,21,22). The topological polar surface area (TPSA) is 67.0 Å². The fourth-order valence-electron chi connectivity index (χ4n) is 2.27. The van der Waals surface area contributed by atoms with Gasteiger partial charge < -0.3 is 10.1 Å². The molecular formula is C18H16FN3O2. The molecule has 0 fully saturated rings. The number of hydrogen-bond acceptors (Lipinski definition) is 3. The summed E-state index contributed by atoms with van der Waals surface area (Å²) >= 11 is 0. The molecule has 0 atom stereocenters. The lowest BCUT2D eigenvalue weighted by atomic mass is 10.1. The smallest absolute Gasteiger partial charge is 0.269 e. The second-order valence-electron chi connectivity index (χ2n) is 5.21. The van der Waals surface area contributed by atoms with E-state index in [1.54, 1.807) is 25.3 Å². The van der Waals surface area contributed by atoms with Crippen LogP contribution in [0.25, 0.3) is 11.3 Å². The van der Waals surface area contributed by atoms with Crippen LogP contribution in [0.1, 0.15) is 16.1 Å². The van der Waals surface area contributed by atoms with Crippen molar-refractivity contribution in [2.45, 2.75) is 6.54 Å².